The normalized spacial score (nSPS) is 11.2. The van der Waals surface area contributed by atoms with Gasteiger partial charge in [0.1, 0.15) is 11.5 Å². The minimum Gasteiger partial charge on any atom is -0.494 e. The van der Waals surface area contributed by atoms with Crippen molar-refractivity contribution in [3.8, 4) is 5.75 Å². The van der Waals surface area contributed by atoms with Crippen LogP contribution in [0, 0.1) is 0 Å². The van der Waals surface area contributed by atoms with Crippen molar-refractivity contribution in [2.45, 2.75) is 49.0 Å². The Morgan fingerprint density at radius 3 is 2.76 bits per heavy atom. The van der Waals surface area contributed by atoms with Crippen LogP contribution in [0.1, 0.15) is 45.3 Å². The number of carbonyl (C=O) groups excluding carboxylic acids is 2. The first-order valence-electron chi connectivity index (χ1n) is 10.5. The summed E-state index contributed by atoms with van der Waals surface area (Å²) in [4.78, 5) is 31.9. The second-order valence-electron chi connectivity index (χ2n) is 8.24. The van der Waals surface area contributed by atoms with Crippen molar-refractivity contribution in [2.75, 3.05) is 17.2 Å². The van der Waals surface area contributed by atoms with Crippen molar-refractivity contribution < 1.29 is 24.0 Å². The van der Waals surface area contributed by atoms with Gasteiger partial charge < -0.3 is 14.5 Å². The molecule has 0 saturated heterocycles. The van der Waals surface area contributed by atoms with Gasteiger partial charge in [0, 0.05) is 23.6 Å². The van der Waals surface area contributed by atoms with Crippen LogP contribution in [0.5, 0.6) is 5.75 Å². The van der Waals surface area contributed by atoms with Crippen molar-refractivity contribution in [1.82, 2.24) is 15.4 Å². The zero-order chi connectivity index (χ0) is 24.6. The molecule has 1 aromatic carbocycles. The number of nitrogens with zero attached hydrogens (tertiary/aromatic N) is 2. The van der Waals surface area contributed by atoms with Gasteiger partial charge in [-0.25, -0.2) is 20.2 Å². The summed E-state index contributed by atoms with van der Waals surface area (Å²) in [5.74, 6) is 2.15. The fourth-order valence-electron chi connectivity index (χ4n) is 2.64. The van der Waals surface area contributed by atoms with Gasteiger partial charge in [-0.15, -0.1) is 11.8 Å². The molecule has 0 radical (unpaired) electrons. The van der Waals surface area contributed by atoms with E-state index in [0.29, 0.717) is 41.2 Å². The number of rotatable bonds is 10. The lowest BCUT2D eigenvalue weighted by atomic mass is 9.94. The van der Waals surface area contributed by atoms with Crippen LogP contribution in [0.25, 0.3) is 0 Å². The highest BCUT2D eigenvalue weighted by Crippen LogP contribution is 2.32. The van der Waals surface area contributed by atoms with E-state index in [4.69, 9.17) is 14.4 Å². The molecule has 34 heavy (non-hydrogen) atoms. The number of carbonyl (C=O) groups is 2. The van der Waals surface area contributed by atoms with Gasteiger partial charge in [0.05, 0.1) is 29.0 Å². The van der Waals surface area contributed by atoms with Crippen molar-refractivity contribution in [1.29, 1.82) is 0 Å². The number of aromatic nitrogens is 2. The lowest BCUT2D eigenvalue weighted by molar-refractivity contribution is -0.129. The second-order valence-corrected chi connectivity index (χ2v) is 10.5. The molecule has 2 aromatic heterocycles. The Kier molecular flexibility index (Phi) is 8.91. The monoisotopic (exact) mass is 505 g/mol. The predicted molar refractivity (Wildman–Crippen MR) is 131 cm³/mol. The third-order valence-corrected chi connectivity index (χ3v) is 6.46. The summed E-state index contributed by atoms with van der Waals surface area (Å²) in [6.45, 7) is 6.51. The van der Waals surface area contributed by atoms with Gasteiger partial charge in [-0.3, -0.25) is 15.3 Å². The highest BCUT2D eigenvalue weighted by atomic mass is 32.2. The van der Waals surface area contributed by atoms with Crippen LogP contribution in [0.4, 0.5) is 15.6 Å². The smallest absolute Gasteiger partial charge is 0.325 e. The number of oxazole rings is 1. The third kappa shape index (κ3) is 8.04. The Hall–Kier alpha value is -3.09. The summed E-state index contributed by atoms with van der Waals surface area (Å²) in [6.07, 6.45) is 4.06. The van der Waals surface area contributed by atoms with Crippen molar-refractivity contribution in [3.63, 3.8) is 0 Å². The number of ether oxygens (including phenoxy) is 1. The van der Waals surface area contributed by atoms with Crippen molar-refractivity contribution in [3.05, 3.63) is 48.3 Å². The van der Waals surface area contributed by atoms with Gasteiger partial charge in [0.15, 0.2) is 5.13 Å². The molecule has 3 aromatic rings. The molecule has 3 amide bonds. The van der Waals surface area contributed by atoms with Crippen molar-refractivity contribution in [2.24, 2.45) is 0 Å². The summed E-state index contributed by atoms with van der Waals surface area (Å²) < 4.78 is 12.3. The largest absolute Gasteiger partial charge is 0.494 e. The molecule has 182 valence electrons. The molecule has 12 heteroatoms. The molecule has 4 N–H and O–H groups in total. The zero-order valence-corrected chi connectivity index (χ0v) is 20.7. The number of amides is 3. The second kappa shape index (κ2) is 11.9. The van der Waals surface area contributed by atoms with Gasteiger partial charge in [0.25, 0.3) is 0 Å². The molecule has 0 fully saturated rings. The van der Waals surface area contributed by atoms with E-state index in [9.17, 15) is 9.59 Å². The minimum absolute atomic E-state index is 0.0883. The Morgan fingerprint density at radius 1 is 1.21 bits per heavy atom. The topological polar surface area (TPSA) is 139 Å². The first-order chi connectivity index (χ1) is 16.2. The summed E-state index contributed by atoms with van der Waals surface area (Å²) in [5.41, 5.74) is 2.03. The maximum Gasteiger partial charge on any atom is 0.325 e. The molecule has 0 bridgehead atoms. The average Bonchev–Trinajstić information content (AvgIpc) is 3.44. The van der Waals surface area contributed by atoms with Crippen LogP contribution in [0.15, 0.2) is 45.3 Å². The lowest BCUT2D eigenvalue weighted by Crippen LogP contribution is -2.19. The molecule has 3 rings (SSSR count). The quantitative estimate of drug-likeness (QED) is 0.130. The number of hydrogen-bond acceptors (Lipinski definition) is 9. The molecule has 0 unspecified atom stereocenters. The van der Waals surface area contributed by atoms with E-state index in [1.54, 1.807) is 42.1 Å². The number of hydrogen-bond donors (Lipinski definition) is 4. The fraction of sp³-hybridized carbons (Fsp3) is 0.364. The molecule has 2 heterocycles. The Balaban J connectivity index is 1.45. The molecular formula is C22H27N5O5S2. The number of thioether (sulfide) groups is 1. The predicted octanol–water partition coefficient (Wildman–Crippen LogP) is 5.03. The summed E-state index contributed by atoms with van der Waals surface area (Å²) in [6, 6.07) is 6.48. The maximum absolute atomic E-state index is 12.4. The molecule has 0 aliphatic rings. The number of benzene rings is 1. The molecule has 0 aliphatic carbocycles. The van der Waals surface area contributed by atoms with Crippen LogP contribution in [0.2, 0.25) is 0 Å². The van der Waals surface area contributed by atoms with Gasteiger partial charge in [-0.2, -0.15) is 0 Å². The molecule has 0 aliphatic heterocycles. The molecule has 0 atom stereocenters. The number of nitrogens with one attached hydrogen (secondary N) is 3. The van der Waals surface area contributed by atoms with Crippen LogP contribution in [-0.2, 0) is 16.0 Å². The van der Waals surface area contributed by atoms with Gasteiger partial charge in [-0.1, -0.05) is 38.2 Å². The molecule has 0 saturated carbocycles. The fourth-order valence-corrected chi connectivity index (χ4v) is 4.36. The summed E-state index contributed by atoms with van der Waals surface area (Å²) in [5, 5.41) is 14.4. The number of thiazole rings is 1. The van der Waals surface area contributed by atoms with Gasteiger partial charge >= 0.3 is 6.03 Å². The SMILES string of the molecule is CC(C)(C)c1cnc(CSc2cnc(NC(=O)Nc3cccc(OCCCC(=O)NO)c3)s2)o1. The van der Waals surface area contributed by atoms with E-state index < -0.39 is 11.9 Å². The van der Waals surface area contributed by atoms with E-state index in [0.717, 1.165) is 9.97 Å². The number of anilines is 2. The first kappa shape index (κ1) is 25.5. The molecular weight excluding hydrogens is 478 g/mol. The Bertz CT molecular complexity index is 1110. The van der Waals surface area contributed by atoms with E-state index in [1.807, 2.05) is 0 Å². The minimum atomic E-state index is -0.466. The van der Waals surface area contributed by atoms with E-state index in [-0.39, 0.29) is 11.8 Å². The number of hydroxylamine groups is 1. The van der Waals surface area contributed by atoms with Gasteiger partial charge in [0.2, 0.25) is 11.8 Å². The third-order valence-electron chi connectivity index (χ3n) is 4.37. The average molecular weight is 506 g/mol. The van der Waals surface area contributed by atoms with E-state index in [1.165, 1.54) is 23.1 Å². The Labute approximate surface area is 205 Å². The standard InChI is InChI=1S/C22H27N5O5S2/c1-22(2,3)16-11-23-18(32-16)13-33-19-12-24-21(34-19)26-20(29)25-14-6-4-7-15(10-14)31-9-5-8-17(28)27-30/h4,6-7,10-12,30H,5,8-9,13H2,1-3H3,(H,27,28)(H2,24,25,26,29). The molecule has 0 spiro atoms. The number of urea groups is 1. The van der Waals surface area contributed by atoms with Crippen LogP contribution in [-0.4, -0.2) is 33.7 Å². The van der Waals surface area contributed by atoms with E-state index >= 15 is 0 Å². The summed E-state index contributed by atoms with van der Waals surface area (Å²) >= 11 is 2.90. The zero-order valence-electron chi connectivity index (χ0n) is 19.1. The van der Waals surface area contributed by atoms with Gasteiger partial charge in [-0.05, 0) is 18.6 Å². The molecule has 10 nitrogen and oxygen atoms in total. The first-order valence-corrected chi connectivity index (χ1v) is 12.3. The van der Waals surface area contributed by atoms with Crippen LogP contribution < -0.4 is 20.9 Å². The summed E-state index contributed by atoms with van der Waals surface area (Å²) in [7, 11) is 0. The van der Waals surface area contributed by atoms with E-state index in [2.05, 4.69) is 41.4 Å². The van der Waals surface area contributed by atoms with Crippen LogP contribution >= 0.6 is 23.1 Å². The van der Waals surface area contributed by atoms with Crippen LogP contribution in [0.3, 0.4) is 0 Å². The lowest BCUT2D eigenvalue weighted by Gasteiger charge is -2.12. The maximum atomic E-state index is 12.4. The van der Waals surface area contributed by atoms with Crippen molar-refractivity contribution >= 4 is 45.9 Å². The highest BCUT2D eigenvalue weighted by Gasteiger charge is 2.19. The highest BCUT2D eigenvalue weighted by molar-refractivity contribution is 8.00. The Morgan fingerprint density at radius 2 is 2.03 bits per heavy atom.